The molecule has 2 aromatic rings. The number of halogens is 3. The predicted molar refractivity (Wildman–Crippen MR) is 82.7 cm³/mol. The molecular formula is C14H10Cl3NO3. The summed E-state index contributed by atoms with van der Waals surface area (Å²) >= 11 is 17.8. The first-order chi connectivity index (χ1) is 9.95. The number of carbonyl (C=O) groups is 1. The van der Waals surface area contributed by atoms with E-state index in [0.717, 1.165) is 0 Å². The minimum atomic E-state index is -0.552. The number of furan rings is 1. The standard InChI is InChI=1S/C14H10Cl3NO3/c15-8-5-11(16)14(12(17)6-8)20-7-10-2-1-9(21-10)3-4-13(18)19/h1-6H,7H2,(H2,18,19)/b4-3+. The van der Waals surface area contributed by atoms with E-state index in [-0.39, 0.29) is 6.61 Å². The molecule has 0 unspecified atom stereocenters. The van der Waals surface area contributed by atoms with Gasteiger partial charge in [0, 0.05) is 11.1 Å². The molecule has 1 heterocycles. The Kier molecular flexibility index (Phi) is 5.17. The highest BCUT2D eigenvalue weighted by atomic mass is 35.5. The maximum absolute atomic E-state index is 10.6. The highest BCUT2D eigenvalue weighted by Crippen LogP contribution is 2.36. The molecule has 0 spiro atoms. The van der Waals surface area contributed by atoms with Crippen molar-refractivity contribution >= 4 is 46.8 Å². The molecule has 0 bridgehead atoms. The van der Waals surface area contributed by atoms with Gasteiger partial charge in [-0.2, -0.15) is 0 Å². The van der Waals surface area contributed by atoms with Crippen molar-refractivity contribution in [2.75, 3.05) is 0 Å². The zero-order chi connectivity index (χ0) is 15.4. The third-order valence-electron chi connectivity index (χ3n) is 2.42. The minimum absolute atomic E-state index is 0.130. The molecule has 7 heteroatoms. The lowest BCUT2D eigenvalue weighted by atomic mass is 10.3. The van der Waals surface area contributed by atoms with E-state index < -0.39 is 5.91 Å². The Labute approximate surface area is 136 Å². The van der Waals surface area contributed by atoms with Crippen LogP contribution in [0.5, 0.6) is 5.75 Å². The molecule has 0 radical (unpaired) electrons. The molecule has 2 N–H and O–H groups in total. The van der Waals surface area contributed by atoms with E-state index in [0.29, 0.717) is 32.3 Å². The van der Waals surface area contributed by atoms with Gasteiger partial charge in [0.1, 0.15) is 18.1 Å². The van der Waals surface area contributed by atoms with Crippen molar-refractivity contribution in [3.8, 4) is 5.75 Å². The Morgan fingerprint density at radius 1 is 1.24 bits per heavy atom. The second-order valence-electron chi connectivity index (χ2n) is 4.03. The quantitative estimate of drug-likeness (QED) is 0.820. The van der Waals surface area contributed by atoms with E-state index in [2.05, 4.69) is 0 Å². The number of primary amides is 1. The summed E-state index contributed by atoms with van der Waals surface area (Å²) in [4.78, 5) is 10.6. The molecule has 4 nitrogen and oxygen atoms in total. The summed E-state index contributed by atoms with van der Waals surface area (Å²) in [7, 11) is 0. The van der Waals surface area contributed by atoms with Gasteiger partial charge in [-0.25, -0.2) is 0 Å². The van der Waals surface area contributed by atoms with E-state index in [1.165, 1.54) is 24.3 Å². The van der Waals surface area contributed by atoms with E-state index >= 15 is 0 Å². The number of benzene rings is 1. The predicted octanol–water partition coefficient (Wildman–Crippen LogP) is 4.32. The molecule has 0 saturated heterocycles. The molecule has 1 aromatic heterocycles. The van der Waals surface area contributed by atoms with Crippen molar-refractivity contribution in [3.05, 3.63) is 56.9 Å². The third-order valence-corrected chi connectivity index (χ3v) is 3.20. The summed E-state index contributed by atoms with van der Waals surface area (Å²) in [6, 6.07) is 6.46. The fourth-order valence-corrected chi connectivity index (χ4v) is 2.46. The minimum Gasteiger partial charge on any atom is -0.483 e. The number of amides is 1. The van der Waals surface area contributed by atoms with E-state index in [9.17, 15) is 4.79 Å². The summed E-state index contributed by atoms with van der Waals surface area (Å²) in [5.74, 6) is 0.805. The van der Waals surface area contributed by atoms with Crippen molar-refractivity contribution in [2.45, 2.75) is 6.61 Å². The highest BCUT2D eigenvalue weighted by molar-refractivity contribution is 6.40. The molecule has 1 aromatic carbocycles. The first kappa shape index (κ1) is 15.8. The Balaban J connectivity index is 2.05. The van der Waals surface area contributed by atoms with Crippen molar-refractivity contribution in [3.63, 3.8) is 0 Å². The normalized spacial score (nSPS) is 11.0. The number of rotatable bonds is 5. The molecule has 21 heavy (non-hydrogen) atoms. The highest BCUT2D eigenvalue weighted by Gasteiger charge is 2.10. The van der Waals surface area contributed by atoms with E-state index in [4.69, 9.17) is 49.7 Å². The summed E-state index contributed by atoms with van der Waals surface area (Å²) in [6.07, 6.45) is 2.67. The van der Waals surface area contributed by atoms with Crippen LogP contribution in [0.3, 0.4) is 0 Å². The molecule has 0 aliphatic heterocycles. The SMILES string of the molecule is NC(=O)/C=C/c1ccc(COc2c(Cl)cc(Cl)cc2Cl)o1. The molecule has 110 valence electrons. The molecule has 0 fully saturated rings. The molecule has 2 rings (SSSR count). The lowest BCUT2D eigenvalue weighted by Crippen LogP contribution is -2.04. The number of hydrogen-bond donors (Lipinski definition) is 1. The molecular weight excluding hydrogens is 337 g/mol. The third kappa shape index (κ3) is 4.43. The molecule has 0 atom stereocenters. The smallest absolute Gasteiger partial charge is 0.241 e. The van der Waals surface area contributed by atoms with Crippen molar-refractivity contribution in [1.29, 1.82) is 0 Å². The molecule has 0 aliphatic rings. The number of ether oxygens (including phenoxy) is 1. The Morgan fingerprint density at radius 2 is 1.90 bits per heavy atom. The van der Waals surface area contributed by atoms with Gasteiger partial charge in [-0.3, -0.25) is 4.79 Å². The largest absolute Gasteiger partial charge is 0.483 e. The van der Waals surface area contributed by atoms with Gasteiger partial charge in [0.15, 0.2) is 5.75 Å². The molecule has 1 amide bonds. The topological polar surface area (TPSA) is 65.5 Å². The average molecular weight is 347 g/mol. The number of nitrogens with two attached hydrogens (primary N) is 1. The van der Waals surface area contributed by atoms with Crippen LogP contribution in [0.4, 0.5) is 0 Å². The van der Waals surface area contributed by atoms with Gasteiger partial charge in [-0.1, -0.05) is 34.8 Å². The van der Waals surface area contributed by atoms with Crippen LogP contribution in [-0.4, -0.2) is 5.91 Å². The van der Waals surface area contributed by atoms with Crippen LogP contribution in [0.2, 0.25) is 15.1 Å². The summed E-state index contributed by atoms with van der Waals surface area (Å²) in [5.41, 5.74) is 5.00. The Morgan fingerprint density at radius 3 is 2.52 bits per heavy atom. The first-order valence-corrected chi connectivity index (χ1v) is 6.92. The Bertz CT molecular complexity index is 672. The van der Waals surface area contributed by atoms with Gasteiger partial charge >= 0.3 is 0 Å². The summed E-state index contributed by atoms with van der Waals surface area (Å²) in [6.45, 7) is 0.130. The fourth-order valence-electron chi connectivity index (χ4n) is 1.54. The maximum atomic E-state index is 10.6. The van der Waals surface area contributed by atoms with Crippen molar-refractivity contribution in [1.82, 2.24) is 0 Å². The lowest BCUT2D eigenvalue weighted by molar-refractivity contribution is -0.113. The van der Waals surface area contributed by atoms with Crippen LogP contribution in [0.15, 0.2) is 34.8 Å². The van der Waals surface area contributed by atoms with Gasteiger partial charge in [-0.05, 0) is 30.3 Å². The van der Waals surface area contributed by atoms with Gasteiger partial charge in [0.2, 0.25) is 5.91 Å². The van der Waals surface area contributed by atoms with Crippen LogP contribution >= 0.6 is 34.8 Å². The van der Waals surface area contributed by atoms with Crippen LogP contribution < -0.4 is 10.5 Å². The van der Waals surface area contributed by atoms with Crippen LogP contribution in [-0.2, 0) is 11.4 Å². The van der Waals surface area contributed by atoms with Crippen LogP contribution in [0, 0.1) is 0 Å². The summed E-state index contributed by atoms with van der Waals surface area (Å²) < 4.78 is 10.9. The second kappa shape index (κ2) is 6.89. The van der Waals surface area contributed by atoms with E-state index in [1.807, 2.05) is 0 Å². The number of carbonyl (C=O) groups excluding carboxylic acids is 1. The first-order valence-electron chi connectivity index (χ1n) is 5.79. The van der Waals surface area contributed by atoms with Crippen molar-refractivity contribution < 1.29 is 13.9 Å². The molecule has 0 aliphatic carbocycles. The monoisotopic (exact) mass is 345 g/mol. The van der Waals surface area contributed by atoms with Crippen molar-refractivity contribution in [2.24, 2.45) is 5.73 Å². The average Bonchev–Trinajstić information content (AvgIpc) is 2.83. The van der Waals surface area contributed by atoms with Crippen LogP contribution in [0.1, 0.15) is 11.5 Å². The second-order valence-corrected chi connectivity index (χ2v) is 5.28. The summed E-state index contributed by atoms with van der Waals surface area (Å²) in [5, 5.41) is 1.05. The number of hydrogen-bond acceptors (Lipinski definition) is 3. The van der Waals surface area contributed by atoms with E-state index in [1.54, 1.807) is 12.1 Å². The zero-order valence-electron chi connectivity index (χ0n) is 10.6. The van der Waals surface area contributed by atoms with Crippen LogP contribution in [0.25, 0.3) is 6.08 Å². The van der Waals surface area contributed by atoms with Gasteiger partial charge in [0.05, 0.1) is 10.0 Å². The van der Waals surface area contributed by atoms with Gasteiger partial charge in [0.25, 0.3) is 0 Å². The fraction of sp³-hybridized carbons (Fsp3) is 0.0714. The lowest BCUT2D eigenvalue weighted by Gasteiger charge is -2.08. The zero-order valence-corrected chi connectivity index (χ0v) is 12.9. The molecule has 0 saturated carbocycles. The van der Waals surface area contributed by atoms with Gasteiger partial charge < -0.3 is 14.9 Å². The maximum Gasteiger partial charge on any atom is 0.241 e. The van der Waals surface area contributed by atoms with Gasteiger partial charge in [-0.15, -0.1) is 0 Å². The Hall–Kier alpha value is -1.62.